The van der Waals surface area contributed by atoms with Gasteiger partial charge < -0.3 is 15.2 Å². The highest BCUT2D eigenvalue weighted by atomic mass is 79.9. The van der Waals surface area contributed by atoms with Crippen molar-refractivity contribution < 1.29 is 4.79 Å². The average Bonchev–Trinajstić information content (AvgIpc) is 2.84. The van der Waals surface area contributed by atoms with Gasteiger partial charge in [-0.15, -0.1) is 0 Å². The van der Waals surface area contributed by atoms with Gasteiger partial charge in [-0.25, -0.2) is 0 Å². The lowest BCUT2D eigenvalue weighted by molar-refractivity contribution is -0.109. The minimum absolute atomic E-state index is 0.524. The molecule has 1 saturated heterocycles. The SMILES string of the molecule is CN1CC(CNC=O)C[C@H]2c3cccc4[nH]c(Br)c(c34)C[C@@H]21. The summed E-state index contributed by atoms with van der Waals surface area (Å²) < 4.78 is 1.13. The number of likely N-dealkylation sites (tertiary alicyclic amines) is 1. The van der Waals surface area contributed by atoms with E-state index in [0.717, 1.165) is 36.9 Å². The van der Waals surface area contributed by atoms with Gasteiger partial charge in [0.15, 0.2) is 0 Å². The zero-order valence-corrected chi connectivity index (χ0v) is 14.2. The van der Waals surface area contributed by atoms with Crippen LogP contribution in [-0.4, -0.2) is 42.5 Å². The molecule has 1 aliphatic heterocycles. The first-order valence-electron chi connectivity index (χ1n) is 7.85. The second kappa shape index (κ2) is 5.39. The number of carbonyl (C=O) groups excluding carboxylic acids is 1. The van der Waals surface area contributed by atoms with Crippen LogP contribution in [0.5, 0.6) is 0 Å². The molecular formula is C17H20BrN3O. The molecule has 0 bridgehead atoms. The lowest BCUT2D eigenvalue weighted by Crippen LogP contribution is -2.49. The molecule has 1 amide bonds. The summed E-state index contributed by atoms with van der Waals surface area (Å²) in [5, 5.41) is 4.27. The minimum Gasteiger partial charge on any atom is -0.358 e. The number of piperidine rings is 1. The molecule has 5 heteroatoms. The van der Waals surface area contributed by atoms with Crippen LogP contribution in [0.3, 0.4) is 0 Å². The molecule has 0 saturated carbocycles. The molecule has 2 aliphatic rings. The number of likely N-dealkylation sites (N-methyl/N-ethyl adjacent to an activating group) is 1. The molecule has 0 spiro atoms. The average molecular weight is 362 g/mol. The van der Waals surface area contributed by atoms with Crippen molar-refractivity contribution in [1.82, 2.24) is 15.2 Å². The van der Waals surface area contributed by atoms with Gasteiger partial charge >= 0.3 is 0 Å². The van der Waals surface area contributed by atoms with Crippen molar-refractivity contribution in [3.63, 3.8) is 0 Å². The first-order chi connectivity index (χ1) is 10.7. The van der Waals surface area contributed by atoms with Crippen molar-refractivity contribution >= 4 is 33.2 Å². The fourth-order valence-electron chi connectivity index (χ4n) is 4.46. The number of hydrogen-bond donors (Lipinski definition) is 2. The van der Waals surface area contributed by atoms with E-state index in [4.69, 9.17) is 0 Å². The summed E-state index contributed by atoms with van der Waals surface area (Å²) in [4.78, 5) is 16.5. The van der Waals surface area contributed by atoms with Crippen LogP contribution in [0.1, 0.15) is 23.5 Å². The monoisotopic (exact) mass is 361 g/mol. The fourth-order valence-corrected chi connectivity index (χ4v) is 5.03. The molecule has 2 aromatic rings. The van der Waals surface area contributed by atoms with Crippen molar-refractivity contribution in [2.45, 2.75) is 24.8 Å². The van der Waals surface area contributed by atoms with Crippen LogP contribution < -0.4 is 5.32 Å². The van der Waals surface area contributed by atoms with Crippen LogP contribution in [0, 0.1) is 5.92 Å². The van der Waals surface area contributed by atoms with Gasteiger partial charge in [0, 0.05) is 36.0 Å². The maximum Gasteiger partial charge on any atom is 0.207 e. The smallest absolute Gasteiger partial charge is 0.207 e. The number of fused-ring (bicyclic) bond motifs is 2. The van der Waals surface area contributed by atoms with E-state index in [1.54, 1.807) is 0 Å². The lowest BCUT2D eigenvalue weighted by atomic mass is 9.72. The predicted molar refractivity (Wildman–Crippen MR) is 91.0 cm³/mol. The van der Waals surface area contributed by atoms with Gasteiger partial charge in [0.05, 0.1) is 4.60 Å². The molecule has 4 nitrogen and oxygen atoms in total. The van der Waals surface area contributed by atoms with Crippen molar-refractivity contribution in [1.29, 1.82) is 0 Å². The molecule has 1 unspecified atom stereocenters. The third-order valence-corrected chi connectivity index (χ3v) is 6.05. The highest BCUT2D eigenvalue weighted by molar-refractivity contribution is 9.10. The van der Waals surface area contributed by atoms with Gasteiger partial charge in [0.2, 0.25) is 6.41 Å². The Bertz CT molecular complexity index is 726. The Hall–Kier alpha value is -1.33. The molecule has 1 aromatic heterocycles. The van der Waals surface area contributed by atoms with Crippen molar-refractivity contribution in [2.24, 2.45) is 5.92 Å². The summed E-state index contributed by atoms with van der Waals surface area (Å²) in [5.74, 6) is 1.08. The largest absolute Gasteiger partial charge is 0.358 e. The summed E-state index contributed by atoms with van der Waals surface area (Å²) in [7, 11) is 2.22. The van der Waals surface area contributed by atoms with Crippen LogP contribution in [0.4, 0.5) is 0 Å². The van der Waals surface area contributed by atoms with Crippen LogP contribution in [0.25, 0.3) is 10.9 Å². The Kier molecular flexibility index (Phi) is 3.50. The van der Waals surface area contributed by atoms with Gasteiger partial charge in [0.1, 0.15) is 0 Å². The van der Waals surface area contributed by atoms with E-state index in [1.165, 1.54) is 22.0 Å². The number of carbonyl (C=O) groups is 1. The molecule has 3 atom stereocenters. The van der Waals surface area contributed by atoms with Gasteiger partial charge in [-0.05, 0) is 58.9 Å². The number of nitrogens with one attached hydrogen (secondary N) is 2. The molecule has 1 fully saturated rings. The number of benzene rings is 1. The van der Waals surface area contributed by atoms with E-state index in [0.29, 0.717) is 17.9 Å². The van der Waals surface area contributed by atoms with Gasteiger partial charge in [-0.2, -0.15) is 0 Å². The minimum atomic E-state index is 0.524. The maximum atomic E-state index is 10.6. The summed E-state index contributed by atoms with van der Waals surface area (Å²) >= 11 is 3.70. The number of halogens is 1. The predicted octanol–water partition coefficient (Wildman–Crippen LogP) is 2.64. The lowest BCUT2D eigenvalue weighted by Gasteiger charge is -2.45. The van der Waals surface area contributed by atoms with E-state index < -0.39 is 0 Å². The molecule has 0 radical (unpaired) electrons. The number of nitrogens with zero attached hydrogens (tertiary/aromatic N) is 1. The zero-order chi connectivity index (χ0) is 15.3. The molecule has 2 heterocycles. The van der Waals surface area contributed by atoms with E-state index >= 15 is 0 Å². The van der Waals surface area contributed by atoms with Crippen LogP contribution in [-0.2, 0) is 11.2 Å². The summed E-state index contributed by atoms with van der Waals surface area (Å²) in [6.07, 6.45) is 3.05. The van der Waals surface area contributed by atoms with Gasteiger partial charge in [-0.1, -0.05) is 12.1 Å². The van der Waals surface area contributed by atoms with Gasteiger partial charge in [-0.3, -0.25) is 4.79 Å². The van der Waals surface area contributed by atoms with E-state index in [1.807, 2.05) is 0 Å². The zero-order valence-electron chi connectivity index (χ0n) is 12.6. The number of aromatic nitrogens is 1. The Morgan fingerprint density at radius 3 is 3.18 bits per heavy atom. The van der Waals surface area contributed by atoms with E-state index in [2.05, 4.69) is 56.4 Å². The van der Waals surface area contributed by atoms with Crippen LogP contribution >= 0.6 is 15.9 Å². The van der Waals surface area contributed by atoms with Crippen LogP contribution in [0.2, 0.25) is 0 Å². The normalized spacial score (nSPS) is 27.6. The second-order valence-electron chi connectivity index (χ2n) is 6.63. The van der Waals surface area contributed by atoms with Gasteiger partial charge in [0.25, 0.3) is 0 Å². The van der Waals surface area contributed by atoms with E-state index in [-0.39, 0.29) is 0 Å². The first kappa shape index (κ1) is 14.3. The fraction of sp³-hybridized carbons (Fsp3) is 0.471. The highest BCUT2D eigenvalue weighted by Gasteiger charge is 2.39. The third-order valence-electron chi connectivity index (χ3n) is 5.37. The quantitative estimate of drug-likeness (QED) is 0.825. The Balaban J connectivity index is 1.76. The van der Waals surface area contributed by atoms with Crippen molar-refractivity contribution in [3.8, 4) is 0 Å². The van der Waals surface area contributed by atoms with Crippen molar-refractivity contribution in [2.75, 3.05) is 20.1 Å². The summed E-state index contributed by atoms with van der Waals surface area (Å²) in [6, 6.07) is 7.15. The highest BCUT2D eigenvalue weighted by Crippen LogP contribution is 2.46. The van der Waals surface area contributed by atoms with Crippen LogP contribution in [0.15, 0.2) is 22.8 Å². The summed E-state index contributed by atoms with van der Waals surface area (Å²) in [6.45, 7) is 1.83. The number of amides is 1. The Morgan fingerprint density at radius 2 is 2.36 bits per heavy atom. The van der Waals surface area contributed by atoms with E-state index in [9.17, 15) is 4.79 Å². The molecule has 4 rings (SSSR count). The topological polar surface area (TPSA) is 48.1 Å². The third kappa shape index (κ3) is 2.10. The molecular weight excluding hydrogens is 342 g/mol. The number of rotatable bonds is 3. The summed E-state index contributed by atoms with van der Waals surface area (Å²) in [5.41, 5.74) is 4.12. The number of H-pyrrole nitrogens is 1. The first-order valence-corrected chi connectivity index (χ1v) is 8.64. The molecule has 116 valence electrons. The van der Waals surface area contributed by atoms with Crippen molar-refractivity contribution in [3.05, 3.63) is 33.9 Å². The number of aromatic amines is 1. The Morgan fingerprint density at radius 1 is 1.50 bits per heavy atom. The standard InChI is InChI=1S/C17H20BrN3O/c1-21-8-10(7-19-9-22)5-12-11-3-2-4-14-16(11)13(6-15(12)21)17(18)20-14/h2-4,9-10,12,15,20H,5-8H2,1H3,(H,19,22)/t10?,12-,15-/m0/s1. The number of hydrogen-bond acceptors (Lipinski definition) is 2. The molecule has 1 aliphatic carbocycles. The molecule has 1 aromatic carbocycles. The second-order valence-corrected chi connectivity index (χ2v) is 7.43. The molecule has 22 heavy (non-hydrogen) atoms. The maximum absolute atomic E-state index is 10.6. The molecule has 2 N–H and O–H groups in total. The Labute approximate surface area is 138 Å².